The van der Waals surface area contributed by atoms with Crippen LogP contribution >= 0.6 is 11.6 Å². The van der Waals surface area contributed by atoms with Crippen LogP contribution in [0.2, 0.25) is 5.02 Å². The minimum absolute atomic E-state index is 0.0228. The smallest absolute Gasteiger partial charge is 0.127 e. The van der Waals surface area contributed by atoms with Gasteiger partial charge >= 0.3 is 0 Å². The van der Waals surface area contributed by atoms with Crippen LogP contribution in [0.4, 0.5) is 4.39 Å². The van der Waals surface area contributed by atoms with Gasteiger partial charge in [0.15, 0.2) is 0 Å². The van der Waals surface area contributed by atoms with Gasteiger partial charge in [0.1, 0.15) is 5.82 Å². The Hall–Kier alpha value is -2.20. The monoisotopic (exact) mass is 394 g/mol. The van der Waals surface area contributed by atoms with Gasteiger partial charge < -0.3 is 0 Å². The molecule has 4 rings (SSSR count). The van der Waals surface area contributed by atoms with Crippen LogP contribution in [0.15, 0.2) is 72.8 Å². The Bertz CT molecular complexity index is 941. The van der Waals surface area contributed by atoms with Crippen molar-refractivity contribution in [2.45, 2.75) is 26.2 Å². The SMILES string of the molecule is Cc1ccc(CN2CCN(Cc3ccccc3F)[C@@H]2c2ccccc2Cl)cc1. The second-order valence-corrected chi connectivity index (χ2v) is 7.82. The molecule has 2 nitrogen and oxygen atoms in total. The number of hydrogen-bond donors (Lipinski definition) is 0. The van der Waals surface area contributed by atoms with E-state index in [-0.39, 0.29) is 12.0 Å². The molecule has 0 unspecified atom stereocenters. The number of rotatable bonds is 5. The molecule has 3 aromatic carbocycles. The molecule has 0 saturated carbocycles. The maximum absolute atomic E-state index is 14.3. The molecule has 4 heteroatoms. The van der Waals surface area contributed by atoms with E-state index in [0.29, 0.717) is 6.54 Å². The Balaban J connectivity index is 1.64. The summed E-state index contributed by atoms with van der Waals surface area (Å²) in [6.45, 7) is 5.29. The lowest BCUT2D eigenvalue weighted by Crippen LogP contribution is -2.31. The Morgan fingerprint density at radius 2 is 1.50 bits per heavy atom. The highest BCUT2D eigenvalue weighted by atomic mass is 35.5. The third-order valence-electron chi connectivity index (χ3n) is 5.39. The van der Waals surface area contributed by atoms with Crippen LogP contribution in [0.3, 0.4) is 0 Å². The first-order chi connectivity index (χ1) is 13.6. The van der Waals surface area contributed by atoms with Gasteiger partial charge in [0.2, 0.25) is 0 Å². The first-order valence-corrected chi connectivity index (χ1v) is 10.0. The summed E-state index contributed by atoms with van der Waals surface area (Å²) in [6.07, 6.45) is 0.0228. The summed E-state index contributed by atoms with van der Waals surface area (Å²) < 4.78 is 14.3. The number of hydrogen-bond acceptors (Lipinski definition) is 2. The van der Waals surface area contributed by atoms with Crippen molar-refractivity contribution in [2.75, 3.05) is 13.1 Å². The van der Waals surface area contributed by atoms with E-state index in [1.807, 2.05) is 30.3 Å². The Labute approximate surface area is 171 Å². The maximum atomic E-state index is 14.3. The van der Waals surface area contributed by atoms with Crippen LogP contribution < -0.4 is 0 Å². The molecule has 0 bridgehead atoms. The van der Waals surface area contributed by atoms with Crippen molar-refractivity contribution in [3.05, 3.63) is 106 Å². The maximum Gasteiger partial charge on any atom is 0.127 e. The van der Waals surface area contributed by atoms with Crippen molar-refractivity contribution in [1.29, 1.82) is 0 Å². The molecule has 28 heavy (non-hydrogen) atoms. The molecule has 0 amide bonds. The molecule has 1 heterocycles. The molecule has 144 valence electrons. The quantitative estimate of drug-likeness (QED) is 0.539. The average Bonchev–Trinajstić information content (AvgIpc) is 3.08. The van der Waals surface area contributed by atoms with Crippen LogP contribution in [0.1, 0.15) is 28.4 Å². The van der Waals surface area contributed by atoms with E-state index in [1.165, 1.54) is 17.2 Å². The van der Waals surface area contributed by atoms with E-state index in [1.54, 1.807) is 6.07 Å². The fraction of sp³-hybridized carbons (Fsp3) is 0.250. The number of benzene rings is 3. The first kappa shape index (κ1) is 19.1. The van der Waals surface area contributed by atoms with Gasteiger partial charge in [0, 0.05) is 42.3 Å². The van der Waals surface area contributed by atoms with Gasteiger partial charge in [0.05, 0.1) is 6.17 Å². The van der Waals surface area contributed by atoms with Crippen molar-refractivity contribution in [3.8, 4) is 0 Å². The zero-order valence-corrected chi connectivity index (χ0v) is 16.7. The van der Waals surface area contributed by atoms with Crippen LogP contribution in [-0.4, -0.2) is 22.9 Å². The fourth-order valence-corrected chi connectivity index (χ4v) is 4.15. The van der Waals surface area contributed by atoms with E-state index in [0.717, 1.165) is 35.8 Å². The van der Waals surface area contributed by atoms with E-state index in [4.69, 9.17) is 11.6 Å². The predicted octanol–water partition coefficient (Wildman–Crippen LogP) is 5.80. The summed E-state index contributed by atoms with van der Waals surface area (Å²) in [4.78, 5) is 4.74. The second kappa shape index (κ2) is 8.44. The molecular formula is C24H24ClFN2. The summed E-state index contributed by atoms with van der Waals surface area (Å²) in [5, 5.41) is 0.752. The minimum atomic E-state index is -0.155. The van der Waals surface area contributed by atoms with E-state index >= 15 is 0 Å². The summed E-state index contributed by atoms with van der Waals surface area (Å²) in [7, 11) is 0. The van der Waals surface area contributed by atoms with Crippen molar-refractivity contribution in [1.82, 2.24) is 9.80 Å². The van der Waals surface area contributed by atoms with Crippen LogP contribution in [-0.2, 0) is 13.1 Å². The molecule has 1 aliphatic rings. The molecule has 0 radical (unpaired) electrons. The van der Waals surface area contributed by atoms with Crippen LogP contribution in [0.25, 0.3) is 0 Å². The van der Waals surface area contributed by atoms with Gasteiger partial charge in [-0.15, -0.1) is 0 Å². The van der Waals surface area contributed by atoms with Gasteiger partial charge in [-0.3, -0.25) is 9.80 Å². The fourth-order valence-electron chi connectivity index (χ4n) is 3.91. The number of nitrogens with zero attached hydrogens (tertiary/aromatic N) is 2. The Morgan fingerprint density at radius 3 is 2.21 bits per heavy atom. The lowest BCUT2D eigenvalue weighted by atomic mass is 10.1. The van der Waals surface area contributed by atoms with Gasteiger partial charge in [0.25, 0.3) is 0 Å². The lowest BCUT2D eigenvalue weighted by molar-refractivity contribution is 0.125. The van der Waals surface area contributed by atoms with Crippen molar-refractivity contribution in [3.63, 3.8) is 0 Å². The van der Waals surface area contributed by atoms with Crippen molar-refractivity contribution >= 4 is 11.6 Å². The zero-order chi connectivity index (χ0) is 19.5. The average molecular weight is 395 g/mol. The van der Waals surface area contributed by atoms with Crippen molar-refractivity contribution < 1.29 is 4.39 Å². The van der Waals surface area contributed by atoms with Gasteiger partial charge in [-0.05, 0) is 24.6 Å². The van der Waals surface area contributed by atoms with Crippen LogP contribution in [0.5, 0.6) is 0 Å². The predicted molar refractivity (Wildman–Crippen MR) is 113 cm³/mol. The van der Waals surface area contributed by atoms with Gasteiger partial charge in [-0.25, -0.2) is 4.39 Å². The van der Waals surface area contributed by atoms with Crippen LogP contribution in [0, 0.1) is 12.7 Å². The highest BCUT2D eigenvalue weighted by Gasteiger charge is 2.34. The molecule has 3 aromatic rings. The second-order valence-electron chi connectivity index (χ2n) is 7.41. The molecule has 0 aromatic heterocycles. The summed E-state index contributed by atoms with van der Waals surface area (Å²) >= 11 is 6.57. The molecule has 1 atom stereocenters. The molecule has 0 N–H and O–H groups in total. The highest BCUT2D eigenvalue weighted by Crippen LogP contribution is 2.36. The van der Waals surface area contributed by atoms with Gasteiger partial charge in [-0.2, -0.15) is 0 Å². The molecule has 1 saturated heterocycles. The van der Waals surface area contributed by atoms with Gasteiger partial charge in [-0.1, -0.05) is 77.8 Å². The molecular weight excluding hydrogens is 371 g/mol. The topological polar surface area (TPSA) is 6.48 Å². The number of halogens is 2. The summed E-state index contributed by atoms with van der Waals surface area (Å²) in [5.41, 5.74) is 4.33. The molecule has 0 aliphatic carbocycles. The largest absolute Gasteiger partial charge is 0.278 e. The molecule has 1 fully saturated rings. The minimum Gasteiger partial charge on any atom is -0.278 e. The highest BCUT2D eigenvalue weighted by molar-refractivity contribution is 6.31. The lowest BCUT2D eigenvalue weighted by Gasteiger charge is -2.31. The number of aryl methyl sites for hydroxylation is 1. The van der Waals surface area contributed by atoms with E-state index in [2.05, 4.69) is 47.1 Å². The van der Waals surface area contributed by atoms with Crippen molar-refractivity contribution in [2.24, 2.45) is 0 Å². The summed E-state index contributed by atoms with van der Waals surface area (Å²) in [5.74, 6) is -0.155. The van der Waals surface area contributed by atoms with E-state index in [9.17, 15) is 4.39 Å². The van der Waals surface area contributed by atoms with E-state index < -0.39 is 0 Å². The Morgan fingerprint density at radius 1 is 0.857 bits per heavy atom. The zero-order valence-electron chi connectivity index (χ0n) is 16.0. The molecule has 0 spiro atoms. The third-order valence-corrected chi connectivity index (χ3v) is 5.73. The Kier molecular flexibility index (Phi) is 5.77. The summed E-state index contributed by atoms with van der Waals surface area (Å²) in [6, 6.07) is 23.6. The third kappa shape index (κ3) is 4.12. The first-order valence-electron chi connectivity index (χ1n) is 9.63. The normalized spacial score (nSPS) is 17.9. The standard InChI is InChI=1S/C24H24ClFN2/c1-18-10-12-19(13-11-18)16-27-14-15-28(17-20-6-2-5-9-23(20)26)24(27)21-7-3-4-8-22(21)25/h2-13,24H,14-17H2,1H3/t24-/m1/s1. The molecule has 1 aliphatic heterocycles.